The molecule has 0 saturated carbocycles. The van der Waals surface area contributed by atoms with Crippen molar-refractivity contribution in [1.82, 2.24) is 15.5 Å². The molecule has 1 fully saturated rings. The zero-order valence-electron chi connectivity index (χ0n) is 14.9. The highest BCUT2D eigenvalue weighted by Gasteiger charge is 2.25. The SMILES string of the molecule is CN=C(NCCc1ccc(Br)s1)NCC(c1ccco1)N1CCCC1.I. The Morgan fingerprint density at radius 3 is 2.73 bits per heavy atom. The van der Waals surface area contributed by atoms with Gasteiger partial charge in [0.1, 0.15) is 5.76 Å². The van der Waals surface area contributed by atoms with Crippen molar-refractivity contribution >= 4 is 57.2 Å². The van der Waals surface area contributed by atoms with E-state index in [0.29, 0.717) is 0 Å². The largest absolute Gasteiger partial charge is 0.468 e. The van der Waals surface area contributed by atoms with Gasteiger partial charge in [-0.25, -0.2) is 0 Å². The molecule has 2 N–H and O–H groups in total. The Hall–Kier alpha value is -0.580. The second-order valence-corrected chi connectivity index (χ2v) is 8.66. The molecule has 0 aliphatic carbocycles. The third-order valence-electron chi connectivity index (χ3n) is 4.43. The van der Waals surface area contributed by atoms with Crippen LogP contribution in [0.4, 0.5) is 0 Å². The van der Waals surface area contributed by atoms with Gasteiger partial charge >= 0.3 is 0 Å². The molecule has 0 amide bonds. The van der Waals surface area contributed by atoms with E-state index < -0.39 is 0 Å². The third-order valence-corrected chi connectivity index (χ3v) is 6.12. The second-order valence-electron chi connectivity index (χ2n) is 6.11. The molecular weight excluding hydrogens is 527 g/mol. The van der Waals surface area contributed by atoms with Crippen LogP contribution < -0.4 is 10.6 Å². The molecule has 8 heteroatoms. The van der Waals surface area contributed by atoms with E-state index in [1.54, 1.807) is 17.6 Å². The third kappa shape index (κ3) is 6.24. The number of guanidine groups is 1. The molecule has 0 aromatic carbocycles. The molecule has 3 heterocycles. The number of aliphatic imine (C=N–C) groups is 1. The van der Waals surface area contributed by atoms with Gasteiger partial charge in [0.15, 0.2) is 5.96 Å². The van der Waals surface area contributed by atoms with Crippen molar-refractivity contribution in [2.45, 2.75) is 25.3 Å². The van der Waals surface area contributed by atoms with Crippen LogP contribution in [0.15, 0.2) is 43.7 Å². The fourth-order valence-electron chi connectivity index (χ4n) is 3.15. The summed E-state index contributed by atoms with van der Waals surface area (Å²) in [7, 11) is 1.81. The number of thiophene rings is 1. The quantitative estimate of drug-likeness (QED) is 0.306. The summed E-state index contributed by atoms with van der Waals surface area (Å²) in [5.41, 5.74) is 0. The molecule has 2 aromatic rings. The number of hydrogen-bond donors (Lipinski definition) is 2. The van der Waals surface area contributed by atoms with Crippen molar-refractivity contribution in [2.24, 2.45) is 4.99 Å². The van der Waals surface area contributed by atoms with Gasteiger partial charge in [0, 0.05) is 25.0 Å². The van der Waals surface area contributed by atoms with Crippen LogP contribution in [-0.2, 0) is 6.42 Å². The lowest BCUT2D eigenvalue weighted by molar-refractivity contribution is 0.215. The molecule has 5 nitrogen and oxygen atoms in total. The van der Waals surface area contributed by atoms with Crippen LogP contribution in [0.3, 0.4) is 0 Å². The number of likely N-dealkylation sites (tertiary alicyclic amines) is 1. The Morgan fingerprint density at radius 2 is 2.12 bits per heavy atom. The average molecular weight is 553 g/mol. The standard InChI is InChI=1S/C18H25BrN4OS.HI/c1-20-18(21-9-8-14-6-7-17(19)25-14)22-13-15(16-5-4-12-24-16)23-10-2-3-11-23;/h4-7,12,15H,2-3,8-11,13H2,1H3,(H2,20,21,22);1H. The molecular formula is C18H26BrIN4OS. The normalized spacial score (nSPS) is 16.3. The maximum atomic E-state index is 5.67. The summed E-state index contributed by atoms with van der Waals surface area (Å²) in [6, 6.07) is 8.54. The Labute approximate surface area is 184 Å². The minimum Gasteiger partial charge on any atom is -0.468 e. The molecule has 1 unspecified atom stereocenters. The molecule has 144 valence electrons. The second kappa shape index (κ2) is 11.3. The van der Waals surface area contributed by atoms with Crippen molar-refractivity contribution in [3.63, 3.8) is 0 Å². The lowest BCUT2D eigenvalue weighted by Gasteiger charge is -2.26. The molecule has 0 bridgehead atoms. The predicted octanol–water partition coefficient (Wildman–Crippen LogP) is 4.27. The monoisotopic (exact) mass is 552 g/mol. The smallest absolute Gasteiger partial charge is 0.191 e. The summed E-state index contributed by atoms with van der Waals surface area (Å²) in [5.74, 6) is 1.86. The van der Waals surface area contributed by atoms with E-state index in [9.17, 15) is 0 Å². The highest BCUT2D eigenvalue weighted by molar-refractivity contribution is 14.0. The van der Waals surface area contributed by atoms with E-state index in [-0.39, 0.29) is 30.0 Å². The van der Waals surface area contributed by atoms with Gasteiger partial charge in [-0.3, -0.25) is 9.89 Å². The average Bonchev–Trinajstić information content (AvgIpc) is 3.37. The topological polar surface area (TPSA) is 52.8 Å². The lowest BCUT2D eigenvalue weighted by atomic mass is 10.2. The van der Waals surface area contributed by atoms with Gasteiger partial charge in [-0.2, -0.15) is 0 Å². The first-order chi connectivity index (χ1) is 12.3. The first-order valence-electron chi connectivity index (χ1n) is 8.72. The maximum Gasteiger partial charge on any atom is 0.191 e. The summed E-state index contributed by atoms with van der Waals surface area (Å²) in [6.45, 7) is 3.91. The molecule has 26 heavy (non-hydrogen) atoms. The zero-order valence-corrected chi connectivity index (χ0v) is 19.6. The molecule has 2 aromatic heterocycles. The summed E-state index contributed by atoms with van der Waals surface area (Å²) >= 11 is 5.28. The zero-order chi connectivity index (χ0) is 17.5. The van der Waals surface area contributed by atoms with Crippen LogP contribution in [-0.4, -0.2) is 44.1 Å². The first-order valence-corrected chi connectivity index (χ1v) is 10.3. The van der Waals surface area contributed by atoms with Crippen LogP contribution in [0, 0.1) is 0 Å². The van der Waals surface area contributed by atoms with Crippen molar-refractivity contribution in [3.8, 4) is 0 Å². The van der Waals surface area contributed by atoms with Gasteiger partial charge in [-0.1, -0.05) is 0 Å². The number of hydrogen-bond acceptors (Lipinski definition) is 4. The number of nitrogens with zero attached hydrogens (tertiary/aromatic N) is 2. The summed E-state index contributed by atoms with van der Waals surface area (Å²) in [4.78, 5) is 8.19. The Kier molecular flexibility index (Phi) is 9.44. The highest BCUT2D eigenvalue weighted by Crippen LogP contribution is 2.25. The van der Waals surface area contributed by atoms with Gasteiger partial charge in [0.05, 0.1) is 16.1 Å². The molecule has 3 rings (SSSR count). The summed E-state index contributed by atoms with van der Waals surface area (Å²) < 4.78 is 6.85. The van der Waals surface area contributed by atoms with Gasteiger partial charge < -0.3 is 15.1 Å². The van der Waals surface area contributed by atoms with E-state index in [1.807, 2.05) is 13.1 Å². The van der Waals surface area contributed by atoms with Crippen molar-refractivity contribution in [3.05, 3.63) is 45.0 Å². The van der Waals surface area contributed by atoms with Crippen molar-refractivity contribution < 1.29 is 4.42 Å². The van der Waals surface area contributed by atoms with E-state index in [2.05, 4.69) is 54.7 Å². The first kappa shape index (κ1) is 21.7. The Balaban J connectivity index is 0.00000243. The molecule has 1 aliphatic heterocycles. The number of furan rings is 1. The summed E-state index contributed by atoms with van der Waals surface area (Å²) in [5, 5.41) is 6.86. The fourth-order valence-corrected chi connectivity index (χ4v) is 4.63. The Bertz CT molecular complexity index is 671. The van der Waals surface area contributed by atoms with Crippen LogP contribution in [0.1, 0.15) is 29.5 Å². The molecule has 1 aliphatic rings. The number of nitrogens with one attached hydrogen (secondary N) is 2. The molecule has 0 radical (unpaired) electrons. The molecule has 1 atom stereocenters. The number of halogens is 2. The maximum absolute atomic E-state index is 5.67. The molecule has 0 spiro atoms. The minimum atomic E-state index is 0. The predicted molar refractivity (Wildman–Crippen MR) is 123 cm³/mol. The van der Waals surface area contributed by atoms with Gasteiger partial charge in [0.2, 0.25) is 0 Å². The van der Waals surface area contributed by atoms with Crippen LogP contribution in [0.2, 0.25) is 0 Å². The van der Waals surface area contributed by atoms with Crippen LogP contribution in [0.5, 0.6) is 0 Å². The van der Waals surface area contributed by atoms with Crippen molar-refractivity contribution in [1.29, 1.82) is 0 Å². The number of rotatable bonds is 7. The van der Waals surface area contributed by atoms with Gasteiger partial charge in [0.25, 0.3) is 0 Å². The molecule has 1 saturated heterocycles. The van der Waals surface area contributed by atoms with E-state index in [0.717, 1.165) is 44.3 Å². The van der Waals surface area contributed by atoms with Crippen LogP contribution >= 0.6 is 51.2 Å². The lowest BCUT2D eigenvalue weighted by Crippen LogP contribution is -2.43. The van der Waals surface area contributed by atoms with E-state index in [4.69, 9.17) is 4.42 Å². The van der Waals surface area contributed by atoms with Gasteiger partial charge in [-0.15, -0.1) is 35.3 Å². The van der Waals surface area contributed by atoms with Gasteiger partial charge in [-0.05, 0) is 72.5 Å². The fraction of sp³-hybridized carbons (Fsp3) is 0.500. The summed E-state index contributed by atoms with van der Waals surface area (Å²) in [6.07, 6.45) is 5.27. The minimum absolute atomic E-state index is 0. The van der Waals surface area contributed by atoms with E-state index >= 15 is 0 Å². The van der Waals surface area contributed by atoms with Crippen LogP contribution in [0.25, 0.3) is 0 Å². The highest BCUT2D eigenvalue weighted by atomic mass is 127. The van der Waals surface area contributed by atoms with E-state index in [1.165, 1.54) is 21.5 Å². The Morgan fingerprint density at radius 1 is 1.31 bits per heavy atom. The van der Waals surface area contributed by atoms with Crippen molar-refractivity contribution in [2.75, 3.05) is 33.2 Å².